The van der Waals surface area contributed by atoms with Crippen LogP contribution in [0.15, 0.2) is 35.4 Å². The number of rotatable bonds is 5. The third kappa shape index (κ3) is 3.68. The molecule has 0 N–H and O–H groups in total. The first-order valence-electron chi connectivity index (χ1n) is 7.89. The molecule has 1 aromatic heterocycles. The van der Waals surface area contributed by atoms with E-state index < -0.39 is 11.7 Å². The first kappa shape index (κ1) is 17.5. The highest BCUT2D eigenvalue weighted by Gasteiger charge is 2.35. The number of hydrogen-bond acceptors (Lipinski definition) is 5. The summed E-state index contributed by atoms with van der Waals surface area (Å²) in [4.78, 5) is 6.37. The summed E-state index contributed by atoms with van der Waals surface area (Å²) in [6.07, 6.45) is -1.25. The van der Waals surface area contributed by atoms with Crippen LogP contribution in [0.3, 0.4) is 0 Å². The molecule has 0 bridgehead atoms. The molecule has 25 heavy (non-hydrogen) atoms. The van der Waals surface area contributed by atoms with Gasteiger partial charge in [-0.05, 0) is 44.6 Å². The van der Waals surface area contributed by atoms with E-state index in [9.17, 15) is 13.2 Å². The van der Waals surface area contributed by atoms with Crippen molar-refractivity contribution in [3.8, 4) is 17.1 Å². The van der Waals surface area contributed by atoms with Crippen LogP contribution in [0, 0.1) is 0 Å². The Labute approximate surface area is 143 Å². The number of benzene rings is 1. The van der Waals surface area contributed by atoms with Gasteiger partial charge in [-0.25, -0.2) is 0 Å². The van der Waals surface area contributed by atoms with Crippen molar-refractivity contribution in [3.63, 3.8) is 0 Å². The molecule has 1 aromatic carbocycles. The van der Waals surface area contributed by atoms with Gasteiger partial charge in [0.1, 0.15) is 12.4 Å². The molecule has 0 saturated carbocycles. The molecule has 0 aliphatic carbocycles. The van der Waals surface area contributed by atoms with E-state index in [0.717, 1.165) is 25.5 Å². The summed E-state index contributed by atoms with van der Waals surface area (Å²) in [5.41, 5.74) is -0.648. The van der Waals surface area contributed by atoms with Gasteiger partial charge in [0.15, 0.2) is 0 Å². The maximum Gasteiger partial charge on any atom is 0.419 e. The van der Waals surface area contributed by atoms with E-state index in [1.54, 1.807) is 0 Å². The van der Waals surface area contributed by atoms with Gasteiger partial charge in [-0.3, -0.25) is 4.90 Å². The molecule has 0 spiro atoms. The molecule has 1 saturated heterocycles. The fourth-order valence-electron chi connectivity index (χ4n) is 2.88. The van der Waals surface area contributed by atoms with Crippen molar-refractivity contribution in [1.29, 1.82) is 0 Å². The molecule has 1 fully saturated rings. The van der Waals surface area contributed by atoms with Crippen LogP contribution in [-0.2, 0) is 6.18 Å². The molecule has 1 atom stereocenters. The average molecular weight is 353 g/mol. The minimum atomic E-state index is -4.55. The van der Waals surface area contributed by atoms with E-state index in [4.69, 9.17) is 9.26 Å². The molecular weight excluding hydrogens is 335 g/mol. The highest BCUT2D eigenvalue weighted by atomic mass is 19.4. The number of ether oxygens (including phenoxy) is 1. The molecule has 1 aliphatic heterocycles. The average Bonchev–Trinajstić information content (AvgIpc) is 3.20. The van der Waals surface area contributed by atoms with Crippen molar-refractivity contribution in [2.24, 2.45) is 0 Å². The monoisotopic (exact) mass is 353 g/mol. The lowest BCUT2D eigenvalue weighted by Crippen LogP contribution is -2.17. The molecule has 0 radical (unpaired) electrons. The molecule has 3 rings (SSSR count). The minimum absolute atomic E-state index is 0.0111. The van der Waals surface area contributed by atoms with Gasteiger partial charge in [0, 0.05) is 5.56 Å². The summed E-state index contributed by atoms with van der Waals surface area (Å²) in [6, 6.07) is 3.74. The highest BCUT2D eigenvalue weighted by molar-refractivity contribution is 5.59. The molecule has 0 amide bonds. The van der Waals surface area contributed by atoms with Crippen molar-refractivity contribution < 1.29 is 22.4 Å². The summed E-state index contributed by atoms with van der Waals surface area (Å²) >= 11 is 0. The zero-order valence-corrected chi connectivity index (χ0v) is 13.7. The van der Waals surface area contributed by atoms with E-state index in [0.29, 0.717) is 5.89 Å². The molecule has 5 nitrogen and oxygen atoms in total. The van der Waals surface area contributed by atoms with Gasteiger partial charge in [0.25, 0.3) is 0 Å². The smallest absolute Gasteiger partial charge is 0.419 e. The Hall–Kier alpha value is -2.35. The topological polar surface area (TPSA) is 51.4 Å². The molecule has 2 heterocycles. The molecular formula is C17H18F3N3O2. The fourth-order valence-corrected chi connectivity index (χ4v) is 2.88. The predicted molar refractivity (Wildman–Crippen MR) is 85.0 cm³/mol. The van der Waals surface area contributed by atoms with Crippen LogP contribution < -0.4 is 4.74 Å². The SMILES string of the molecule is C=CCOc1ccc(-c2noc(C3CCCN3C)n2)cc1C(F)(F)F. The van der Waals surface area contributed by atoms with Crippen LogP contribution in [0.25, 0.3) is 11.4 Å². The van der Waals surface area contributed by atoms with Crippen LogP contribution >= 0.6 is 0 Å². The Morgan fingerprint density at radius 1 is 1.44 bits per heavy atom. The van der Waals surface area contributed by atoms with E-state index in [-0.39, 0.29) is 29.8 Å². The second-order valence-electron chi connectivity index (χ2n) is 5.90. The second kappa shape index (κ2) is 6.87. The van der Waals surface area contributed by atoms with Gasteiger partial charge in [0.2, 0.25) is 11.7 Å². The predicted octanol–water partition coefficient (Wildman–Crippen LogP) is 4.09. The van der Waals surface area contributed by atoms with Crippen LogP contribution in [0.2, 0.25) is 0 Å². The Kier molecular flexibility index (Phi) is 4.80. The third-order valence-corrected chi connectivity index (χ3v) is 4.15. The zero-order valence-electron chi connectivity index (χ0n) is 13.7. The number of halogens is 3. The van der Waals surface area contributed by atoms with Gasteiger partial charge in [-0.1, -0.05) is 17.8 Å². The Balaban J connectivity index is 1.92. The first-order valence-corrected chi connectivity index (χ1v) is 7.89. The van der Waals surface area contributed by atoms with Crippen molar-refractivity contribution in [2.45, 2.75) is 25.1 Å². The van der Waals surface area contributed by atoms with E-state index in [2.05, 4.69) is 21.6 Å². The lowest BCUT2D eigenvalue weighted by molar-refractivity contribution is -0.138. The van der Waals surface area contributed by atoms with Gasteiger partial charge >= 0.3 is 6.18 Å². The minimum Gasteiger partial charge on any atom is -0.489 e. The maximum atomic E-state index is 13.3. The first-order chi connectivity index (χ1) is 11.9. The van der Waals surface area contributed by atoms with Crippen LogP contribution in [0.4, 0.5) is 13.2 Å². The molecule has 134 valence electrons. The van der Waals surface area contributed by atoms with Crippen molar-refractivity contribution in [3.05, 3.63) is 42.3 Å². The second-order valence-corrected chi connectivity index (χ2v) is 5.90. The standard InChI is InChI=1S/C17H18F3N3O2/c1-3-9-24-14-7-6-11(10-12(14)17(18,19)20)15-21-16(25-22-15)13-5-4-8-23(13)2/h3,6-7,10,13H,1,4-5,8-9H2,2H3. The summed E-state index contributed by atoms with van der Waals surface area (Å²) < 4.78 is 50.3. The van der Waals surface area contributed by atoms with Gasteiger partial charge in [-0.2, -0.15) is 18.2 Å². The summed E-state index contributed by atoms with van der Waals surface area (Å²) in [7, 11) is 1.95. The number of nitrogens with zero attached hydrogens (tertiary/aromatic N) is 3. The Morgan fingerprint density at radius 2 is 2.24 bits per heavy atom. The molecule has 1 unspecified atom stereocenters. The molecule has 1 aliphatic rings. The van der Waals surface area contributed by atoms with E-state index in [1.165, 1.54) is 18.2 Å². The van der Waals surface area contributed by atoms with Crippen LogP contribution in [0.5, 0.6) is 5.75 Å². The van der Waals surface area contributed by atoms with Gasteiger partial charge < -0.3 is 9.26 Å². The highest BCUT2D eigenvalue weighted by Crippen LogP contribution is 2.39. The summed E-state index contributed by atoms with van der Waals surface area (Å²) in [6.45, 7) is 4.35. The molecule has 8 heteroatoms. The number of alkyl halides is 3. The summed E-state index contributed by atoms with van der Waals surface area (Å²) in [5, 5.41) is 3.84. The van der Waals surface area contributed by atoms with Gasteiger partial charge in [-0.15, -0.1) is 0 Å². The normalized spacial score (nSPS) is 18.5. The lowest BCUT2D eigenvalue weighted by Gasteiger charge is -2.14. The summed E-state index contributed by atoms with van der Waals surface area (Å²) in [5.74, 6) is 0.307. The van der Waals surface area contributed by atoms with Crippen LogP contribution in [0.1, 0.15) is 30.3 Å². The van der Waals surface area contributed by atoms with Gasteiger partial charge in [0.05, 0.1) is 11.6 Å². The number of hydrogen-bond donors (Lipinski definition) is 0. The zero-order chi connectivity index (χ0) is 18.0. The Bertz CT molecular complexity index is 758. The van der Waals surface area contributed by atoms with Crippen LogP contribution in [-0.4, -0.2) is 35.2 Å². The largest absolute Gasteiger partial charge is 0.489 e. The number of likely N-dealkylation sites (tertiary alicyclic amines) is 1. The van der Waals surface area contributed by atoms with Crippen molar-refractivity contribution in [2.75, 3.05) is 20.2 Å². The maximum absolute atomic E-state index is 13.3. The Morgan fingerprint density at radius 3 is 2.88 bits per heavy atom. The van der Waals surface area contributed by atoms with Crippen molar-refractivity contribution >= 4 is 0 Å². The lowest BCUT2D eigenvalue weighted by atomic mass is 10.1. The van der Waals surface area contributed by atoms with Crippen molar-refractivity contribution in [1.82, 2.24) is 15.0 Å². The van der Waals surface area contributed by atoms with E-state index in [1.807, 2.05) is 7.05 Å². The third-order valence-electron chi connectivity index (χ3n) is 4.15. The molecule has 2 aromatic rings. The van der Waals surface area contributed by atoms with E-state index >= 15 is 0 Å². The number of aromatic nitrogens is 2. The quantitative estimate of drug-likeness (QED) is 0.758. The fraction of sp³-hybridized carbons (Fsp3) is 0.412.